The van der Waals surface area contributed by atoms with E-state index in [0.717, 1.165) is 31.4 Å². The van der Waals surface area contributed by atoms with Crippen molar-refractivity contribution in [2.45, 2.75) is 63.2 Å². The lowest BCUT2D eigenvalue weighted by atomic mass is 10.1. The smallest absolute Gasteiger partial charge is 0.306 e. The first kappa shape index (κ1) is 15.7. The van der Waals surface area contributed by atoms with E-state index in [-0.39, 0.29) is 22.5 Å². The van der Waals surface area contributed by atoms with Crippen LogP contribution in [0.4, 0.5) is 0 Å². The third-order valence-corrected chi connectivity index (χ3v) is 5.91. The highest BCUT2D eigenvalue weighted by Crippen LogP contribution is 2.51. The fraction of sp³-hybridized carbons (Fsp3) is 0.867. The van der Waals surface area contributed by atoms with Crippen LogP contribution in [-0.2, 0) is 14.3 Å². The molecular formula is C15H25NO3S. The largest absolute Gasteiger partial charge is 0.469 e. The molecule has 20 heavy (non-hydrogen) atoms. The number of carbonyl (C=O) groups excluding carboxylic acids is 2. The first-order chi connectivity index (χ1) is 9.54. The Kier molecular flexibility index (Phi) is 5.35. The minimum absolute atomic E-state index is 0.0364. The van der Waals surface area contributed by atoms with E-state index in [2.05, 4.69) is 5.32 Å². The molecule has 2 rings (SSSR count). The normalized spacial score (nSPS) is 22.3. The molecule has 1 amide bonds. The number of esters is 1. The molecule has 0 aromatic heterocycles. The van der Waals surface area contributed by atoms with Gasteiger partial charge in [0.2, 0.25) is 5.91 Å². The molecule has 0 aromatic carbocycles. The lowest BCUT2D eigenvalue weighted by molar-refractivity contribution is -0.141. The van der Waals surface area contributed by atoms with E-state index in [1.165, 1.54) is 20.0 Å². The first-order valence-electron chi connectivity index (χ1n) is 7.53. The van der Waals surface area contributed by atoms with Gasteiger partial charge in [-0.15, -0.1) is 11.8 Å². The highest BCUT2D eigenvalue weighted by atomic mass is 32.2. The summed E-state index contributed by atoms with van der Waals surface area (Å²) in [6.07, 6.45) is 7.35. The molecule has 0 saturated heterocycles. The van der Waals surface area contributed by atoms with Crippen LogP contribution in [0.3, 0.4) is 0 Å². The molecule has 114 valence electrons. The Balaban J connectivity index is 1.70. The molecule has 0 spiro atoms. The lowest BCUT2D eigenvalue weighted by Gasteiger charge is -2.19. The fourth-order valence-electron chi connectivity index (χ4n) is 2.69. The average molecular weight is 299 g/mol. The monoisotopic (exact) mass is 299 g/mol. The van der Waals surface area contributed by atoms with Gasteiger partial charge >= 0.3 is 5.97 Å². The quantitative estimate of drug-likeness (QED) is 0.734. The predicted molar refractivity (Wildman–Crippen MR) is 80.6 cm³/mol. The van der Waals surface area contributed by atoms with Crippen LogP contribution in [0.15, 0.2) is 0 Å². The van der Waals surface area contributed by atoms with Crippen LogP contribution >= 0.6 is 11.8 Å². The molecule has 1 N–H and O–H groups in total. The summed E-state index contributed by atoms with van der Waals surface area (Å²) in [6.45, 7) is 1.96. The van der Waals surface area contributed by atoms with Gasteiger partial charge in [0.05, 0.1) is 18.8 Å². The van der Waals surface area contributed by atoms with Gasteiger partial charge < -0.3 is 10.1 Å². The van der Waals surface area contributed by atoms with Crippen molar-refractivity contribution in [3.63, 3.8) is 0 Å². The summed E-state index contributed by atoms with van der Waals surface area (Å²) >= 11 is 1.67. The molecule has 5 heteroatoms. The zero-order chi connectivity index (χ0) is 14.6. The Hall–Kier alpha value is -0.710. The third kappa shape index (κ3) is 4.40. The average Bonchev–Trinajstić information content (AvgIpc) is 3.00. The maximum Gasteiger partial charge on any atom is 0.306 e. The van der Waals surface area contributed by atoms with Crippen molar-refractivity contribution in [1.82, 2.24) is 5.32 Å². The molecule has 1 atom stereocenters. The number of nitrogens with one attached hydrogen (secondary N) is 1. The van der Waals surface area contributed by atoms with Gasteiger partial charge in [0, 0.05) is 11.8 Å². The summed E-state index contributed by atoms with van der Waals surface area (Å²) < 4.78 is 4.74. The number of ether oxygens (including phenoxy) is 1. The van der Waals surface area contributed by atoms with Crippen LogP contribution in [0.25, 0.3) is 0 Å². The molecule has 2 fully saturated rings. The van der Waals surface area contributed by atoms with Crippen LogP contribution < -0.4 is 5.32 Å². The summed E-state index contributed by atoms with van der Waals surface area (Å²) in [5.41, 5.74) is 0.0969. The minimum Gasteiger partial charge on any atom is -0.469 e. The summed E-state index contributed by atoms with van der Waals surface area (Å²) in [5, 5.41) is 3.10. The molecule has 2 saturated carbocycles. The van der Waals surface area contributed by atoms with Crippen LogP contribution in [0.5, 0.6) is 0 Å². The van der Waals surface area contributed by atoms with Crippen LogP contribution in [-0.4, -0.2) is 36.0 Å². The number of hydrogen-bond acceptors (Lipinski definition) is 4. The first-order valence-corrected chi connectivity index (χ1v) is 8.58. The molecule has 4 nitrogen and oxygen atoms in total. The minimum atomic E-state index is -0.133. The topological polar surface area (TPSA) is 55.4 Å². The third-order valence-electron chi connectivity index (χ3n) is 4.41. The second-order valence-corrected chi connectivity index (χ2v) is 7.53. The molecule has 0 aromatic rings. The van der Waals surface area contributed by atoms with E-state index in [9.17, 15) is 9.59 Å². The van der Waals surface area contributed by atoms with E-state index in [1.54, 1.807) is 11.8 Å². The molecular weight excluding hydrogens is 274 g/mol. The summed E-state index contributed by atoms with van der Waals surface area (Å²) in [7, 11) is 1.43. The Morgan fingerprint density at radius 2 is 2.00 bits per heavy atom. The standard InChI is InChI=1S/C15H25NO3S/c1-11(14(18)16-12-5-3-4-6-12)20-10-15(7-8-15)9-13(17)19-2/h11-12H,3-10H2,1-2H3,(H,16,18). The summed E-state index contributed by atoms with van der Waals surface area (Å²) in [4.78, 5) is 23.5. The van der Waals surface area contributed by atoms with Crippen LogP contribution in [0, 0.1) is 5.41 Å². The molecule has 0 bridgehead atoms. The van der Waals surface area contributed by atoms with E-state index >= 15 is 0 Å². The van der Waals surface area contributed by atoms with Gasteiger partial charge in [0.1, 0.15) is 0 Å². The fourth-order valence-corrected chi connectivity index (χ4v) is 3.91. The number of hydrogen-bond donors (Lipinski definition) is 1. The van der Waals surface area contributed by atoms with Crippen LogP contribution in [0.2, 0.25) is 0 Å². The van der Waals surface area contributed by atoms with Crippen molar-refractivity contribution < 1.29 is 14.3 Å². The Labute approximate surface area is 125 Å². The molecule has 2 aliphatic carbocycles. The predicted octanol–water partition coefficient (Wildman–Crippen LogP) is 2.51. The van der Waals surface area contributed by atoms with E-state index < -0.39 is 0 Å². The van der Waals surface area contributed by atoms with Gasteiger partial charge in [-0.25, -0.2) is 0 Å². The second-order valence-electron chi connectivity index (χ2n) is 6.20. The van der Waals surface area contributed by atoms with Gasteiger partial charge in [-0.05, 0) is 38.0 Å². The molecule has 0 heterocycles. The van der Waals surface area contributed by atoms with Gasteiger partial charge in [0.25, 0.3) is 0 Å². The maximum absolute atomic E-state index is 12.1. The second kappa shape index (κ2) is 6.83. The highest BCUT2D eigenvalue weighted by Gasteiger charge is 2.45. The summed E-state index contributed by atoms with van der Waals surface area (Å²) in [5.74, 6) is 0.892. The van der Waals surface area contributed by atoms with Gasteiger partial charge in [-0.3, -0.25) is 9.59 Å². The maximum atomic E-state index is 12.1. The van der Waals surface area contributed by atoms with E-state index in [1.807, 2.05) is 6.92 Å². The van der Waals surface area contributed by atoms with Crippen LogP contribution in [0.1, 0.15) is 51.9 Å². The number of thioether (sulfide) groups is 1. The van der Waals surface area contributed by atoms with Gasteiger partial charge in [0.15, 0.2) is 0 Å². The Morgan fingerprint density at radius 3 is 2.55 bits per heavy atom. The van der Waals surface area contributed by atoms with E-state index in [4.69, 9.17) is 4.74 Å². The van der Waals surface area contributed by atoms with Crippen molar-refractivity contribution in [2.24, 2.45) is 5.41 Å². The van der Waals surface area contributed by atoms with Crippen molar-refractivity contribution >= 4 is 23.6 Å². The molecule has 2 aliphatic rings. The number of rotatable bonds is 7. The highest BCUT2D eigenvalue weighted by molar-refractivity contribution is 8.00. The zero-order valence-electron chi connectivity index (χ0n) is 12.4. The van der Waals surface area contributed by atoms with Gasteiger partial charge in [-0.2, -0.15) is 0 Å². The summed E-state index contributed by atoms with van der Waals surface area (Å²) in [6, 6.07) is 0.385. The van der Waals surface area contributed by atoms with Crippen molar-refractivity contribution in [1.29, 1.82) is 0 Å². The number of amides is 1. The number of carbonyl (C=O) groups is 2. The molecule has 0 aliphatic heterocycles. The Morgan fingerprint density at radius 1 is 1.35 bits per heavy atom. The Bertz CT molecular complexity index is 362. The van der Waals surface area contributed by atoms with E-state index in [0.29, 0.717) is 12.5 Å². The zero-order valence-corrected chi connectivity index (χ0v) is 13.3. The van der Waals surface area contributed by atoms with Gasteiger partial charge in [-0.1, -0.05) is 12.8 Å². The number of methoxy groups -OCH3 is 1. The molecule has 0 radical (unpaired) electrons. The lowest BCUT2D eigenvalue weighted by Crippen LogP contribution is -2.38. The van der Waals surface area contributed by atoms with Crippen molar-refractivity contribution in [2.75, 3.05) is 12.9 Å². The van der Waals surface area contributed by atoms with Crippen molar-refractivity contribution in [3.8, 4) is 0 Å². The molecule has 1 unspecified atom stereocenters. The van der Waals surface area contributed by atoms with Crippen molar-refractivity contribution in [3.05, 3.63) is 0 Å². The SMILES string of the molecule is COC(=O)CC1(CSC(C)C(=O)NC2CCCC2)CC1.